The van der Waals surface area contributed by atoms with Gasteiger partial charge in [0.15, 0.2) is 0 Å². The highest BCUT2D eigenvalue weighted by Crippen LogP contribution is 2.28. The Morgan fingerprint density at radius 1 is 1.21 bits per heavy atom. The van der Waals surface area contributed by atoms with Gasteiger partial charge in [-0.05, 0) is 31.5 Å². The monoisotopic (exact) mass is 323 g/mol. The highest BCUT2D eigenvalue weighted by Gasteiger charge is 2.21. The lowest BCUT2D eigenvalue weighted by atomic mass is 9.93. The Morgan fingerprint density at radius 3 is 2.62 bits per heavy atom. The number of aromatic nitrogens is 2. The fourth-order valence-corrected chi connectivity index (χ4v) is 2.64. The molecular formula is C19H21N3O2. The minimum Gasteiger partial charge on any atom is -0.469 e. The number of amides is 1. The average Bonchev–Trinajstić information content (AvgIpc) is 3.25. The van der Waals surface area contributed by atoms with Gasteiger partial charge in [-0.3, -0.25) is 9.48 Å². The minimum absolute atomic E-state index is 0.0661. The second kappa shape index (κ2) is 7.17. The van der Waals surface area contributed by atoms with E-state index >= 15 is 0 Å². The molecule has 2 heterocycles. The number of furan rings is 1. The van der Waals surface area contributed by atoms with Crippen LogP contribution in [0.1, 0.15) is 43.6 Å². The lowest BCUT2D eigenvalue weighted by molar-refractivity contribution is -0.116. The molecule has 1 N–H and O–H groups in total. The van der Waals surface area contributed by atoms with E-state index in [4.69, 9.17) is 4.42 Å². The van der Waals surface area contributed by atoms with Crippen LogP contribution in [0.5, 0.6) is 0 Å². The molecule has 0 radical (unpaired) electrons. The molecule has 0 bridgehead atoms. The molecular weight excluding hydrogens is 302 g/mol. The first-order chi connectivity index (χ1) is 11.6. The predicted octanol–water partition coefficient (Wildman–Crippen LogP) is 4.22. The largest absolute Gasteiger partial charge is 0.469 e. The van der Waals surface area contributed by atoms with Gasteiger partial charge in [0.05, 0.1) is 24.1 Å². The third-order valence-electron chi connectivity index (χ3n) is 3.89. The van der Waals surface area contributed by atoms with Crippen molar-refractivity contribution < 1.29 is 9.21 Å². The molecule has 0 aliphatic carbocycles. The fraction of sp³-hybridized carbons (Fsp3) is 0.263. The summed E-state index contributed by atoms with van der Waals surface area (Å²) in [6.07, 6.45) is 5.45. The van der Waals surface area contributed by atoms with E-state index in [-0.39, 0.29) is 17.9 Å². The van der Waals surface area contributed by atoms with Crippen LogP contribution in [0.15, 0.2) is 65.5 Å². The van der Waals surface area contributed by atoms with Gasteiger partial charge >= 0.3 is 0 Å². The van der Waals surface area contributed by atoms with E-state index in [1.165, 1.54) is 0 Å². The molecule has 0 saturated heterocycles. The molecule has 3 rings (SSSR count). The van der Waals surface area contributed by atoms with E-state index in [2.05, 4.69) is 10.4 Å². The maximum atomic E-state index is 12.5. The van der Waals surface area contributed by atoms with Crippen LogP contribution in [-0.2, 0) is 4.79 Å². The van der Waals surface area contributed by atoms with Gasteiger partial charge in [0.1, 0.15) is 5.76 Å². The smallest absolute Gasteiger partial charge is 0.225 e. The summed E-state index contributed by atoms with van der Waals surface area (Å²) in [6.45, 7) is 4.09. The number of carbonyl (C=O) groups excluding carboxylic acids is 1. The maximum absolute atomic E-state index is 12.5. The van der Waals surface area contributed by atoms with Crippen molar-refractivity contribution in [2.45, 2.75) is 32.2 Å². The van der Waals surface area contributed by atoms with E-state index in [0.29, 0.717) is 12.1 Å². The summed E-state index contributed by atoms with van der Waals surface area (Å²) in [5.41, 5.74) is 1.76. The number of nitrogens with zero attached hydrogens (tertiary/aromatic N) is 2. The highest BCUT2D eigenvalue weighted by atomic mass is 16.3. The molecule has 124 valence electrons. The Morgan fingerprint density at radius 2 is 2.00 bits per heavy atom. The molecule has 5 nitrogen and oxygen atoms in total. The van der Waals surface area contributed by atoms with E-state index in [1.54, 1.807) is 12.5 Å². The zero-order valence-corrected chi connectivity index (χ0v) is 13.8. The molecule has 0 spiro atoms. The second-order valence-corrected chi connectivity index (χ2v) is 6.03. The number of anilines is 1. The topological polar surface area (TPSA) is 60.1 Å². The lowest BCUT2D eigenvalue weighted by Crippen LogP contribution is -2.16. The number of benzene rings is 1. The number of nitrogens with one attached hydrogen (secondary N) is 1. The highest BCUT2D eigenvalue weighted by molar-refractivity contribution is 5.91. The molecule has 2 aromatic heterocycles. The van der Waals surface area contributed by atoms with Crippen LogP contribution in [-0.4, -0.2) is 15.7 Å². The van der Waals surface area contributed by atoms with Crippen molar-refractivity contribution in [2.24, 2.45) is 0 Å². The molecule has 1 atom stereocenters. The first-order valence-corrected chi connectivity index (χ1v) is 8.06. The third-order valence-corrected chi connectivity index (χ3v) is 3.89. The van der Waals surface area contributed by atoms with Gasteiger partial charge in [0, 0.05) is 18.7 Å². The van der Waals surface area contributed by atoms with Crippen LogP contribution in [0.2, 0.25) is 0 Å². The Balaban J connectivity index is 1.74. The van der Waals surface area contributed by atoms with Gasteiger partial charge in [-0.15, -0.1) is 0 Å². The predicted molar refractivity (Wildman–Crippen MR) is 92.9 cm³/mol. The number of hydrogen-bond donors (Lipinski definition) is 1. The van der Waals surface area contributed by atoms with Gasteiger partial charge in [-0.2, -0.15) is 5.10 Å². The molecule has 1 unspecified atom stereocenters. The molecule has 0 saturated carbocycles. The molecule has 24 heavy (non-hydrogen) atoms. The minimum atomic E-state index is -0.110. The van der Waals surface area contributed by atoms with Crippen LogP contribution in [0, 0.1) is 0 Å². The van der Waals surface area contributed by atoms with E-state index in [1.807, 2.05) is 67.2 Å². The van der Waals surface area contributed by atoms with Crippen molar-refractivity contribution in [3.05, 3.63) is 72.4 Å². The van der Waals surface area contributed by atoms with Crippen LogP contribution in [0.3, 0.4) is 0 Å². The standard InChI is InChI=1S/C19H21N3O2/c1-14(2)22-13-16(12-20-22)21-19(23)11-17(18-9-6-10-24-18)15-7-4-3-5-8-15/h3-10,12-14,17H,11H2,1-2H3,(H,21,23). The molecule has 0 fully saturated rings. The molecule has 0 aliphatic heterocycles. The molecule has 1 aromatic carbocycles. The molecule has 3 aromatic rings. The zero-order chi connectivity index (χ0) is 16.9. The SMILES string of the molecule is CC(C)n1cc(NC(=O)CC(c2ccccc2)c2ccco2)cn1. The normalized spacial score (nSPS) is 12.3. The number of rotatable bonds is 6. The first kappa shape index (κ1) is 16.1. The zero-order valence-electron chi connectivity index (χ0n) is 13.8. The molecule has 5 heteroatoms. The first-order valence-electron chi connectivity index (χ1n) is 8.06. The Hall–Kier alpha value is -2.82. The van der Waals surface area contributed by atoms with Crippen LogP contribution in [0.25, 0.3) is 0 Å². The van der Waals surface area contributed by atoms with Crippen LogP contribution in [0.4, 0.5) is 5.69 Å². The summed E-state index contributed by atoms with van der Waals surface area (Å²) in [7, 11) is 0. The summed E-state index contributed by atoms with van der Waals surface area (Å²) in [5, 5.41) is 7.15. The van der Waals surface area contributed by atoms with Crippen molar-refractivity contribution in [2.75, 3.05) is 5.32 Å². The lowest BCUT2D eigenvalue weighted by Gasteiger charge is -2.14. The summed E-state index contributed by atoms with van der Waals surface area (Å²) >= 11 is 0. The number of carbonyl (C=O) groups is 1. The van der Waals surface area contributed by atoms with E-state index in [0.717, 1.165) is 11.3 Å². The van der Waals surface area contributed by atoms with Crippen molar-refractivity contribution in [3.8, 4) is 0 Å². The van der Waals surface area contributed by atoms with Crippen molar-refractivity contribution in [1.29, 1.82) is 0 Å². The summed E-state index contributed by atoms with van der Waals surface area (Å²) in [5.74, 6) is 0.610. The Labute approximate surface area is 141 Å². The molecule has 1 amide bonds. The van der Waals surface area contributed by atoms with Gasteiger partial charge in [-0.1, -0.05) is 30.3 Å². The van der Waals surface area contributed by atoms with Gasteiger partial charge in [0.2, 0.25) is 5.91 Å². The summed E-state index contributed by atoms with van der Waals surface area (Å²) in [6, 6.07) is 13.9. The van der Waals surface area contributed by atoms with Gasteiger partial charge < -0.3 is 9.73 Å². The fourth-order valence-electron chi connectivity index (χ4n) is 2.64. The average molecular weight is 323 g/mol. The number of hydrogen-bond acceptors (Lipinski definition) is 3. The van der Waals surface area contributed by atoms with Crippen LogP contribution < -0.4 is 5.32 Å². The Bertz CT molecular complexity index is 776. The molecule has 0 aliphatic rings. The van der Waals surface area contributed by atoms with Crippen molar-refractivity contribution >= 4 is 11.6 Å². The quantitative estimate of drug-likeness (QED) is 0.739. The van der Waals surface area contributed by atoms with Gasteiger partial charge in [-0.25, -0.2) is 0 Å². The van der Waals surface area contributed by atoms with Crippen LogP contribution >= 0.6 is 0 Å². The second-order valence-electron chi connectivity index (χ2n) is 6.03. The Kier molecular flexibility index (Phi) is 4.79. The summed E-state index contributed by atoms with van der Waals surface area (Å²) < 4.78 is 7.36. The third kappa shape index (κ3) is 3.74. The van der Waals surface area contributed by atoms with Crippen molar-refractivity contribution in [1.82, 2.24) is 9.78 Å². The van der Waals surface area contributed by atoms with Gasteiger partial charge in [0.25, 0.3) is 0 Å². The maximum Gasteiger partial charge on any atom is 0.225 e. The summed E-state index contributed by atoms with van der Waals surface area (Å²) in [4.78, 5) is 12.5. The van der Waals surface area contributed by atoms with Crippen molar-refractivity contribution in [3.63, 3.8) is 0 Å². The van der Waals surface area contributed by atoms with E-state index < -0.39 is 0 Å². The van der Waals surface area contributed by atoms with E-state index in [9.17, 15) is 4.79 Å².